The zero-order valence-electron chi connectivity index (χ0n) is 15.2. The van der Waals surface area contributed by atoms with Gasteiger partial charge in [-0.15, -0.1) is 0 Å². The van der Waals surface area contributed by atoms with Crippen molar-refractivity contribution in [1.82, 2.24) is 4.90 Å². The second-order valence-corrected chi connectivity index (χ2v) is 5.78. The summed E-state index contributed by atoms with van der Waals surface area (Å²) in [5, 5.41) is 10.3. The van der Waals surface area contributed by atoms with E-state index in [-0.39, 0.29) is 17.8 Å². The van der Waals surface area contributed by atoms with E-state index in [2.05, 4.69) is 0 Å². The van der Waals surface area contributed by atoms with E-state index in [4.69, 9.17) is 9.47 Å². The molecule has 1 unspecified atom stereocenters. The topological polar surface area (TPSA) is 76.1 Å². The molecule has 1 N–H and O–H groups in total. The summed E-state index contributed by atoms with van der Waals surface area (Å²) >= 11 is 0. The molecular formula is C19H25NO5. The molecule has 1 aromatic rings. The number of carbonyl (C=O) groups excluding carboxylic acids is 2. The number of benzene rings is 1. The van der Waals surface area contributed by atoms with Crippen LogP contribution in [0.25, 0.3) is 0 Å². The number of Topliss-reactive ketones (excluding diaryl/α,β-unsaturated/α-hetero) is 1. The van der Waals surface area contributed by atoms with Gasteiger partial charge in [0.2, 0.25) is 0 Å². The van der Waals surface area contributed by atoms with Crippen LogP contribution in [0.2, 0.25) is 0 Å². The van der Waals surface area contributed by atoms with Crippen LogP contribution in [0.1, 0.15) is 45.2 Å². The van der Waals surface area contributed by atoms with E-state index in [1.807, 2.05) is 13.8 Å². The molecule has 0 saturated heterocycles. The molecule has 1 aliphatic rings. The van der Waals surface area contributed by atoms with Crippen molar-refractivity contribution in [3.8, 4) is 11.5 Å². The average molecular weight is 347 g/mol. The molecule has 0 fully saturated rings. The molecule has 6 heteroatoms. The molecule has 1 heterocycles. The SMILES string of the molecule is CCCN1C(=O)C(O)=C(C(=O)CC)C1c1ccc(OC)c(OCC)c1. The third kappa shape index (κ3) is 3.48. The van der Waals surface area contributed by atoms with Crippen LogP contribution in [0, 0.1) is 0 Å². The first kappa shape index (κ1) is 18.8. The van der Waals surface area contributed by atoms with Gasteiger partial charge in [0.1, 0.15) is 0 Å². The summed E-state index contributed by atoms with van der Waals surface area (Å²) in [5.74, 6) is -0.0608. The third-order valence-corrected chi connectivity index (χ3v) is 4.19. The Morgan fingerprint density at radius 1 is 1.24 bits per heavy atom. The van der Waals surface area contributed by atoms with Crippen LogP contribution in [0.3, 0.4) is 0 Å². The van der Waals surface area contributed by atoms with Gasteiger partial charge in [-0.3, -0.25) is 9.59 Å². The summed E-state index contributed by atoms with van der Waals surface area (Å²) in [6.07, 6.45) is 0.940. The highest BCUT2D eigenvalue weighted by Gasteiger charge is 2.42. The summed E-state index contributed by atoms with van der Waals surface area (Å²) in [7, 11) is 1.55. The minimum absolute atomic E-state index is 0.161. The van der Waals surface area contributed by atoms with Crippen LogP contribution < -0.4 is 9.47 Å². The quantitative estimate of drug-likeness (QED) is 0.782. The first-order valence-electron chi connectivity index (χ1n) is 8.58. The summed E-state index contributed by atoms with van der Waals surface area (Å²) in [4.78, 5) is 26.4. The van der Waals surface area contributed by atoms with Gasteiger partial charge in [-0.1, -0.05) is 19.9 Å². The van der Waals surface area contributed by atoms with E-state index in [9.17, 15) is 14.7 Å². The van der Waals surface area contributed by atoms with Crippen molar-refractivity contribution in [1.29, 1.82) is 0 Å². The first-order valence-corrected chi connectivity index (χ1v) is 8.58. The lowest BCUT2D eigenvalue weighted by Gasteiger charge is -2.27. The van der Waals surface area contributed by atoms with E-state index in [1.165, 1.54) is 4.90 Å². The zero-order valence-corrected chi connectivity index (χ0v) is 15.2. The summed E-state index contributed by atoms with van der Waals surface area (Å²) < 4.78 is 10.9. The number of hydrogen-bond acceptors (Lipinski definition) is 5. The van der Waals surface area contributed by atoms with E-state index < -0.39 is 17.7 Å². The van der Waals surface area contributed by atoms with Crippen molar-refractivity contribution in [3.63, 3.8) is 0 Å². The summed E-state index contributed by atoms with van der Waals surface area (Å²) in [5.41, 5.74) is 0.875. The Morgan fingerprint density at radius 2 is 1.96 bits per heavy atom. The maximum absolute atomic E-state index is 12.5. The number of nitrogens with zero attached hydrogens (tertiary/aromatic N) is 1. The highest BCUT2D eigenvalue weighted by molar-refractivity contribution is 6.08. The van der Waals surface area contributed by atoms with Crippen LogP contribution in [0.15, 0.2) is 29.5 Å². The van der Waals surface area contributed by atoms with Crippen LogP contribution in [0.4, 0.5) is 0 Å². The molecule has 0 saturated carbocycles. The molecule has 1 aromatic carbocycles. The molecule has 2 rings (SSSR count). The zero-order chi connectivity index (χ0) is 18.6. The van der Waals surface area contributed by atoms with Crippen molar-refractivity contribution in [2.75, 3.05) is 20.3 Å². The van der Waals surface area contributed by atoms with Crippen molar-refractivity contribution in [2.45, 2.75) is 39.7 Å². The first-order chi connectivity index (χ1) is 12.0. The lowest BCUT2D eigenvalue weighted by molar-refractivity contribution is -0.129. The fourth-order valence-electron chi connectivity index (χ4n) is 3.08. The van der Waals surface area contributed by atoms with Crippen LogP contribution >= 0.6 is 0 Å². The van der Waals surface area contributed by atoms with Gasteiger partial charge < -0.3 is 19.5 Å². The molecule has 0 bridgehead atoms. The molecule has 0 radical (unpaired) electrons. The van der Waals surface area contributed by atoms with E-state index in [1.54, 1.807) is 32.2 Å². The van der Waals surface area contributed by atoms with Crippen molar-refractivity contribution in [3.05, 3.63) is 35.1 Å². The van der Waals surface area contributed by atoms with Gasteiger partial charge in [0.05, 0.1) is 25.3 Å². The number of aliphatic hydroxyl groups excluding tert-OH is 1. The summed E-state index contributed by atoms with van der Waals surface area (Å²) in [6, 6.07) is 4.71. The summed E-state index contributed by atoms with van der Waals surface area (Å²) in [6.45, 7) is 6.44. The smallest absolute Gasteiger partial charge is 0.290 e. The number of rotatable bonds is 8. The minimum atomic E-state index is -0.606. The maximum atomic E-state index is 12.5. The lowest BCUT2D eigenvalue weighted by atomic mass is 9.94. The molecule has 0 aliphatic carbocycles. The Bertz CT molecular complexity index is 695. The highest BCUT2D eigenvalue weighted by atomic mass is 16.5. The Labute approximate surface area is 148 Å². The molecular weight excluding hydrogens is 322 g/mol. The second kappa shape index (κ2) is 8.05. The normalized spacial score (nSPS) is 17.2. The van der Waals surface area contributed by atoms with Crippen LogP contribution in [-0.2, 0) is 9.59 Å². The van der Waals surface area contributed by atoms with Crippen molar-refractivity contribution < 1.29 is 24.2 Å². The van der Waals surface area contributed by atoms with E-state index >= 15 is 0 Å². The Kier molecular flexibility index (Phi) is 6.07. The van der Waals surface area contributed by atoms with Crippen LogP contribution in [-0.4, -0.2) is 42.0 Å². The number of carbonyl (C=O) groups is 2. The monoisotopic (exact) mass is 347 g/mol. The van der Waals surface area contributed by atoms with E-state index in [0.717, 1.165) is 6.42 Å². The van der Waals surface area contributed by atoms with Crippen molar-refractivity contribution >= 4 is 11.7 Å². The largest absolute Gasteiger partial charge is 0.503 e. The standard InChI is InChI=1S/C19H25NO5/c1-5-10-20-17(16(13(21)6-2)18(22)19(20)23)12-8-9-14(24-4)15(11-12)25-7-3/h8-9,11,17,22H,5-7,10H2,1-4H3. The minimum Gasteiger partial charge on any atom is -0.503 e. The fourth-order valence-corrected chi connectivity index (χ4v) is 3.08. The second-order valence-electron chi connectivity index (χ2n) is 5.78. The van der Waals surface area contributed by atoms with Crippen LogP contribution in [0.5, 0.6) is 11.5 Å². The third-order valence-electron chi connectivity index (χ3n) is 4.19. The van der Waals surface area contributed by atoms with Gasteiger partial charge in [-0.25, -0.2) is 0 Å². The van der Waals surface area contributed by atoms with Crippen molar-refractivity contribution in [2.24, 2.45) is 0 Å². The van der Waals surface area contributed by atoms with Gasteiger partial charge >= 0.3 is 0 Å². The molecule has 136 valence electrons. The number of methoxy groups -OCH3 is 1. The number of amides is 1. The molecule has 1 aliphatic heterocycles. The molecule has 0 spiro atoms. The average Bonchev–Trinajstić information content (AvgIpc) is 2.86. The molecule has 1 atom stereocenters. The molecule has 1 amide bonds. The Hall–Kier alpha value is -2.50. The van der Waals surface area contributed by atoms with Gasteiger partial charge in [0.15, 0.2) is 23.0 Å². The number of ketones is 1. The Morgan fingerprint density at radius 3 is 2.52 bits per heavy atom. The van der Waals surface area contributed by atoms with Gasteiger partial charge in [-0.2, -0.15) is 0 Å². The lowest BCUT2D eigenvalue weighted by Crippen LogP contribution is -2.31. The van der Waals surface area contributed by atoms with Gasteiger partial charge in [-0.05, 0) is 31.0 Å². The van der Waals surface area contributed by atoms with Gasteiger partial charge in [0, 0.05) is 13.0 Å². The number of hydrogen-bond donors (Lipinski definition) is 1. The van der Waals surface area contributed by atoms with Gasteiger partial charge in [0.25, 0.3) is 5.91 Å². The highest BCUT2D eigenvalue weighted by Crippen LogP contribution is 2.41. The van der Waals surface area contributed by atoms with E-state index in [0.29, 0.717) is 30.2 Å². The number of ether oxygens (including phenoxy) is 2. The molecule has 0 aromatic heterocycles. The Balaban J connectivity index is 2.56. The maximum Gasteiger partial charge on any atom is 0.290 e. The molecule has 6 nitrogen and oxygen atoms in total. The predicted octanol–water partition coefficient (Wildman–Crippen LogP) is 3.18. The fraction of sp³-hybridized carbons (Fsp3) is 0.474. The predicted molar refractivity (Wildman–Crippen MR) is 93.9 cm³/mol. The number of aliphatic hydroxyl groups is 1. The molecule has 25 heavy (non-hydrogen) atoms.